The van der Waals surface area contributed by atoms with E-state index in [1.807, 2.05) is 14.2 Å². The van der Waals surface area contributed by atoms with Crippen molar-refractivity contribution in [2.24, 2.45) is 52.3 Å². The zero-order valence-electron chi connectivity index (χ0n) is 21.8. The Morgan fingerprint density at radius 1 is 0.774 bits per heavy atom. The van der Waals surface area contributed by atoms with Crippen molar-refractivity contribution < 1.29 is 9.47 Å². The minimum Gasteiger partial charge on any atom is -0.353 e. The summed E-state index contributed by atoms with van der Waals surface area (Å²) in [6.07, 6.45) is 16.6. The van der Waals surface area contributed by atoms with Gasteiger partial charge in [-0.2, -0.15) is 0 Å². The van der Waals surface area contributed by atoms with Gasteiger partial charge in [-0.3, -0.25) is 0 Å². The topological polar surface area (TPSA) is 18.5 Å². The summed E-state index contributed by atoms with van der Waals surface area (Å²) in [5.41, 5.74) is 1.12. The van der Waals surface area contributed by atoms with Crippen molar-refractivity contribution >= 4 is 0 Å². The fourth-order valence-electron chi connectivity index (χ4n) is 9.68. The van der Waals surface area contributed by atoms with Crippen molar-refractivity contribution in [2.45, 2.75) is 117 Å². The molecule has 0 aromatic heterocycles. The first kappa shape index (κ1) is 24.1. The quantitative estimate of drug-likeness (QED) is 0.378. The van der Waals surface area contributed by atoms with Crippen LogP contribution in [0.25, 0.3) is 0 Å². The molecule has 4 aliphatic carbocycles. The molecule has 0 bridgehead atoms. The molecule has 4 aliphatic rings. The normalized spacial score (nSPS) is 45.1. The summed E-state index contributed by atoms with van der Waals surface area (Å²) >= 11 is 0. The molecule has 0 N–H and O–H groups in total. The predicted octanol–water partition coefficient (Wildman–Crippen LogP) is 8.10. The SMILES string of the molecule is COC1(OC)CC[C@@]2(C)C(CC[C@H]3[C@@H]4CC[C@H]([C@H](C)CCCC(C)C)[C@@]4(C)CC[C@@H]32)C1. The van der Waals surface area contributed by atoms with Crippen LogP contribution in [0.4, 0.5) is 0 Å². The van der Waals surface area contributed by atoms with Crippen molar-refractivity contribution in [3.8, 4) is 0 Å². The third-order valence-corrected chi connectivity index (χ3v) is 11.6. The lowest BCUT2D eigenvalue weighted by atomic mass is 9.44. The van der Waals surface area contributed by atoms with Gasteiger partial charge >= 0.3 is 0 Å². The van der Waals surface area contributed by atoms with Gasteiger partial charge < -0.3 is 9.47 Å². The molecular formula is C29H52O2. The first-order valence-electron chi connectivity index (χ1n) is 13.8. The van der Waals surface area contributed by atoms with E-state index < -0.39 is 0 Å². The van der Waals surface area contributed by atoms with Crippen molar-refractivity contribution in [3.63, 3.8) is 0 Å². The maximum absolute atomic E-state index is 5.91. The molecule has 31 heavy (non-hydrogen) atoms. The molecule has 0 spiro atoms. The lowest BCUT2D eigenvalue weighted by molar-refractivity contribution is -0.261. The molecule has 2 heteroatoms. The first-order valence-corrected chi connectivity index (χ1v) is 13.8. The minimum atomic E-state index is -0.315. The number of ether oxygens (including phenoxy) is 2. The van der Waals surface area contributed by atoms with Crippen LogP contribution in [0.3, 0.4) is 0 Å². The molecule has 8 atom stereocenters. The summed E-state index contributed by atoms with van der Waals surface area (Å²) in [6, 6.07) is 0. The van der Waals surface area contributed by atoms with E-state index in [2.05, 4.69) is 34.6 Å². The third kappa shape index (κ3) is 4.05. The molecule has 180 valence electrons. The van der Waals surface area contributed by atoms with Gasteiger partial charge in [-0.15, -0.1) is 0 Å². The van der Waals surface area contributed by atoms with Crippen LogP contribution in [0.1, 0.15) is 112 Å². The van der Waals surface area contributed by atoms with Gasteiger partial charge in [-0.25, -0.2) is 0 Å². The third-order valence-electron chi connectivity index (χ3n) is 11.6. The Labute approximate surface area is 193 Å². The highest BCUT2D eigenvalue weighted by Crippen LogP contribution is 2.69. The summed E-state index contributed by atoms with van der Waals surface area (Å²) in [4.78, 5) is 0. The Hall–Kier alpha value is -0.0800. The van der Waals surface area contributed by atoms with Crippen molar-refractivity contribution in [1.29, 1.82) is 0 Å². The lowest BCUT2D eigenvalue weighted by Crippen LogP contribution is -2.56. The Morgan fingerprint density at radius 2 is 1.48 bits per heavy atom. The monoisotopic (exact) mass is 432 g/mol. The molecule has 2 nitrogen and oxygen atoms in total. The van der Waals surface area contributed by atoms with E-state index in [1.165, 1.54) is 64.2 Å². The number of methoxy groups -OCH3 is 2. The molecule has 0 amide bonds. The van der Waals surface area contributed by atoms with Crippen LogP contribution in [0, 0.1) is 52.3 Å². The lowest BCUT2D eigenvalue weighted by Gasteiger charge is -2.62. The zero-order chi connectivity index (χ0) is 22.4. The molecule has 0 aromatic rings. The zero-order valence-corrected chi connectivity index (χ0v) is 21.8. The van der Waals surface area contributed by atoms with Crippen LogP contribution in [-0.4, -0.2) is 20.0 Å². The van der Waals surface area contributed by atoms with Crippen molar-refractivity contribution in [3.05, 3.63) is 0 Å². The second-order valence-electron chi connectivity index (χ2n) is 13.2. The highest BCUT2D eigenvalue weighted by Gasteiger charge is 2.61. The average Bonchev–Trinajstić information content (AvgIpc) is 3.10. The Kier molecular flexibility index (Phi) is 6.93. The first-order chi connectivity index (χ1) is 14.7. The maximum Gasteiger partial charge on any atom is 0.167 e. The van der Waals surface area contributed by atoms with E-state index in [4.69, 9.17) is 9.47 Å². The molecule has 0 aromatic carbocycles. The van der Waals surface area contributed by atoms with E-state index in [0.717, 1.165) is 54.3 Å². The fourth-order valence-corrected chi connectivity index (χ4v) is 9.68. The number of hydrogen-bond acceptors (Lipinski definition) is 2. The number of fused-ring (bicyclic) bond motifs is 5. The van der Waals surface area contributed by atoms with Gasteiger partial charge in [-0.05, 0) is 97.2 Å². The molecule has 0 heterocycles. The second-order valence-corrected chi connectivity index (χ2v) is 13.2. The van der Waals surface area contributed by atoms with Gasteiger partial charge in [0.2, 0.25) is 0 Å². The molecule has 1 unspecified atom stereocenters. The largest absolute Gasteiger partial charge is 0.353 e. The van der Waals surface area contributed by atoms with E-state index >= 15 is 0 Å². The summed E-state index contributed by atoms with van der Waals surface area (Å²) in [5, 5.41) is 0. The molecule has 4 rings (SSSR count). The minimum absolute atomic E-state index is 0.315. The predicted molar refractivity (Wildman–Crippen MR) is 130 cm³/mol. The van der Waals surface area contributed by atoms with Gasteiger partial charge in [0, 0.05) is 27.1 Å². The van der Waals surface area contributed by atoms with Crippen molar-refractivity contribution in [2.75, 3.05) is 14.2 Å². The Bertz CT molecular complexity index is 610. The maximum atomic E-state index is 5.91. The standard InChI is InChI=1S/C29H52O2/c1-20(2)9-8-10-21(3)24-13-14-25-23-12-11-22-19-29(30-6,31-7)18-17-27(22,4)26(23)15-16-28(24,25)5/h20-26H,8-19H2,1-7H3/t21-,22?,23+,24-,25+,26+,27+,28-/m1/s1. The van der Waals surface area contributed by atoms with Gasteiger partial charge in [0.1, 0.15) is 0 Å². The van der Waals surface area contributed by atoms with Gasteiger partial charge in [0.05, 0.1) is 0 Å². The van der Waals surface area contributed by atoms with Crippen molar-refractivity contribution in [1.82, 2.24) is 0 Å². The average molecular weight is 433 g/mol. The van der Waals surface area contributed by atoms with Crippen LogP contribution >= 0.6 is 0 Å². The van der Waals surface area contributed by atoms with Gasteiger partial charge in [0.15, 0.2) is 5.79 Å². The van der Waals surface area contributed by atoms with E-state index in [9.17, 15) is 0 Å². The van der Waals surface area contributed by atoms with E-state index in [0.29, 0.717) is 10.8 Å². The molecular weight excluding hydrogens is 380 g/mol. The van der Waals surface area contributed by atoms with E-state index in [-0.39, 0.29) is 5.79 Å². The van der Waals surface area contributed by atoms with Crippen LogP contribution < -0.4 is 0 Å². The Balaban J connectivity index is 1.46. The molecule has 0 aliphatic heterocycles. The van der Waals surface area contributed by atoms with Crippen LogP contribution in [0.5, 0.6) is 0 Å². The van der Waals surface area contributed by atoms with Gasteiger partial charge in [0.25, 0.3) is 0 Å². The van der Waals surface area contributed by atoms with Crippen LogP contribution in [0.15, 0.2) is 0 Å². The highest BCUT2D eigenvalue weighted by molar-refractivity contribution is 5.10. The summed E-state index contributed by atoms with van der Waals surface area (Å²) < 4.78 is 11.8. The van der Waals surface area contributed by atoms with E-state index in [1.54, 1.807) is 0 Å². The van der Waals surface area contributed by atoms with Crippen LogP contribution in [-0.2, 0) is 9.47 Å². The summed E-state index contributed by atoms with van der Waals surface area (Å²) in [7, 11) is 3.70. The summed E-state index contributed by atoms with van der Waals surface area (Å²) in [5.74, 6) is 6.10. The summed E-state index contributed by atoms with van der Waals surface area (Å²) in [6.45, 7) is 12.7. The molecule has 4 fully saturated rings. The number of hydrogen-bond donors (Lipinski definition) is 0. The molecule has 4 saturated carbocycles. The second kappa shape index (κ2) is 8.94. The number of rotatable bonds is 7. The fraction of sp³-hybridized carbons (Fsp3) is 1.00. The van der Waals surface area contributed by atoms with Crippen LogP contribution in [0.2, 0.25) is 0 Å². The molecule has 0 radical (unpaired) electrons. The molecule has 0 saturated heterocycles. The highest BCUT2D eigenvalue weighted by atomic mass is 16.7. The Morgan fingerprint density at radius 3 is 2.16 bits per heavy atom. The smallest absolute Gasteiger partial charge is 0.167 e. The van der Waals surface area contributed by atoms with Gasteiger partial charge in [-0.1, -0.05) is 53.9 Å².